The fraction of sp³-hybridized carbons (Fsp3) is 0.481. The molecule has 5 rings (SSSR count). The monoisotopic (exact) mass is 463 g/mol. The molecule has 1 saturated heterocycles. The molecular formula is C27H33N3O4. The minimum atomic E-state index is -0.0189. The van der Waals surface area contributed by atoms with Gasteiger partial charge in [-0.1, -0.05) is 12.1 Å². The second kappa shape index (κ2) is 9.66. The summed E-state index contributed by atoms with van der Waals surface area (Å²) in [5.74, 6) is 1.73. The smallest absolute Gasteiger partial charge is 0.231 e. The highest BCUT2D eigenvalue weighted by Crippen LogP contribution is 2.34. The molecular weight excluding hydrogens is 430 g/mol. The van der Waals surface area contributed by atoms with E-state index >= 15 is 0 Å². The van der Waals surface area contributed by atoms with E-state index < -0.39 is 0 Å². The average Bonchev–Trinajstić information content (AvgIpc) is 3.31. The number of aryl methyl sites for hydroxylation is 2. The molecule has 2 aromatic rings. The van der Waals surface area contributed by atoms with Crippen molar-refractivity contribution in [2.75, 3.05) is 38.3 Å². The van der Waals surface area contributed by atoms with Crippen LogP contribution >= 0.6 is 0 Å². The quantitative estimate of drug-likeness (QED) is 0.733. The van der Waals surface area contributed by atoms with Gasteiger partial charge in [-0.05, 0) is 80.6 Å². The summed E-state index contributed by atoms with van der Waals surface area (Å²) >= 11 is 0. The lowest BCUT2D eigenvalue weighted by molar-refractivity contribution is -0.138. The number of benzene rings is 2. The zero-order valence-corrected chi connectivity index (χ0v) is 20.1. The average molecular weight is 464 g/mol. The number of likely N-dealkylation sites (tertiary alicyclic amines) is 1. The van der Waals surface area contributed by atoms with Crippen molar-refractivity contribution >= 4 is 17.5 Å². The van der Waals surface area contributed by atoms with Gasteiger partial charge in [0.05, 0.1) is 0 Å². The number of nitrogens with zero attached hydrogens (tertiary/aromatic N) is 2. The highest BCUT2D eigenvalue weighted by molar-refractivity contribution is 5.91. The predicted octanol–water partition coefficient (Wildman–Crippen LogP) is 3.66. The molecule has 0 bridgehead atoms. The fourth-order valence-electron chi connectivity index (χ4n) is 5.16. The molecule has 0 radical (unpaired) electrons. The van der Waals surface area contributed by atoms with E-state index in [9.17, 15) is 9.59 Å². The SMILES string of the molecule is Cc1cc2c(cc1C)CN(C(=O)C1CCN(CCC(=O)Nc3ccc4c(c3)OCO4)CC1)CC2. The molecule has 180 valence electrons. The number of carbonyl (C=O) groups excluding carboxylic acids is 2. The molecule has 0 aliphatic carbocycles. The number of ether oxygens (including phenoxy) is 2. The van der Waals surface area contributed by atoms with Crippen LogP contribution in [-0.2, 0) is 22.6 Å². The molecule has 1 fully saturated rings. The highest BCUT2D eigenvalue weighted by atomic mass is 16.7. The first-order valence-corrected chi connectivity index (χ1v) is 12.3. The highest BCUT2D eigenvalue weighted by Gasteiger charge is 2.30. The third kappa shape index (κ3) is 4.89. The predicted molar refractivity (Wildman–Crippen MR) is 130 cm³/mol. The number of piperidine rings is 1. The Kier molecular flexibility index (Phi) is 6.46. The van der Waals surface area contributed by atoms with E-state index in [0.717, 1.165) is 45.4 Å². The van der Waals surface area contributed by atoms with E-state index in [4.69, 9.17) is 9.47 Å². The van der Waals surface area contributed by atoms with Crippen molar-refractivity contribution in [1.29, 1.82) is 0 Å². The molecule has 1 N–H and O–H groups in total. The molecule has 0 spiro atoms. The van der Waals surface area contributed by atoms with E-state index in [1.54, 1.807) is 6.07 Å². The molecule has 3 aliphatic heterocycles. The third-order valence-corrected chi connectivity index (χ3v) is 7.39. The zero-order chi connectivity index (χ0) is 23.7. The van der Waals surface area contributed by atoms with Crippen LogP contribution in [-0.4, -0.2) is 54.6 Å². The molecule has 0 aromatic heterocycles. The van der Waals surface area contributed by atoms with Crippen molar-refractivity contribution in [1.82, 2.24) is 9.80 Å². The first kappa shape index (κ1) is 22.7. The lowest BCUT2D eigenvalue weighted by Crippen LogP contribution is -2.44. The number of anilines is 1. The molecule has 7 heteroatoms. The Morgan fingerprint density at radius 3 is 2.50 bits per heavy atom. The van der Waals surface area contributed by atoms with Crippen molar-refractivity contribution in [3.8, 4) is 11.5 Å². The summed E-state index contributed by atoms with van der Waals surface area (Å²) in [6.07, 6.45) is 3.09. The Morgan fingerprint density at radius 1 is 0.971 bits per heavy atom. The molecule has 0 atom stereocenters. The number of hydrogen-bond acceptors (Lipinski definition) is 5. The summed E-state index contributed by atoms with van der Waals surface area (Å²) in [5, 5.41) is 2.93. The van der Waals surface area contributed by atoms with Gasteiger partial charge in [0.25, 0.3) is 0 Å². The minimum absolute atomic E-state index is 0.0189. The van der Waals surface area contributed by atoms with Gasteiger partial charge in [-0.25, -0.2) is 0 Å². The van der Waals surface area contributed by atoms with Gasteiger partial charge in [0, 0.05) is 43.7 Å². The molecule has 0 saturated carbocycles. The van der Waals surface area contributed by atoms with Crippen molar-refractivity contribution < 1.29 is 19.1 Å². The van der Waals surface area contributed by atoms with Gasteiger partial charge in [-0.15, -0.1) is 0 Å². The van der Waals surface area contributed by atoms with Crippen molar-refractivity contribution in [3.05, 3.63) is 52.6 Å². The second-order valence-electron chi connectivity index (χ2n) is 9.70. The standard InChI is InChI=1S/C27H33N3O4/c1-18-13-21-7-12-30(16-22(21)14-19(18)2)27(32)20-5-9-29(10-6-20)11-8-26(31)28-23-3-4-24-25(15-23)34-17-33-24/h3-4,13-15,20H,5-12,16-17H2,1-2H3,(H,28,31). The van der Waals surface area contributed by atoms with E-state index in [-0.39, 0.29) is 18.6 Å². The number of fused-ring (bicyclic) bond motifs is 2. The molecule has 3 aliphatic rings. The van der Waals surface area contributed by atoms with Gasteiger partial charge in [-0.2, -0.15) is 0 Å². The van der Waals surface area contributed by atoms with Gasteiger partial charge in [0.2, 0.25) is 18.6 Å². The van der Waals surface area contributed by atoms with Gasteiger partial charge in [0.1, 0.15) is 0 Å². The van der Waals surface area contributed by atoms with E-state index in [0.29, 0.717) is 36.1 Å². The van der Waals surface area contributed by atoms with Gasteiger partial charge >= 0.3 is 0 Å². The Bertz CT molecular complexity index is 1090. The van der Waals surface area contributed by atoms with Crippen LogP contribution < -0.4 is 14.8 Å². The summed E-state index contributed by atoms with van der Waals surface area (Å²) < 4.78 is 10.7. The summed E-state index contributed by atoms with van der Waals surface area (Å²) in [5.41, 5.74) is 6.03. The number of rotatable bonds is 5. The van der Waals surface area contributed by atoms with Crippen LogP contribution in [0.3, 0.4) is 0 Å². The van der Waals surface area contributed by atoms with Crippen molar-refractivity contribution in [2.45, 2.75) is 46.1 Å². The van der Waals surface area contributed by atoms with Crippen LogP contribution in [0.25, 0.3) is 0 Å². The molecule has 3 heterocycles. The van der Waals surface area contributed by atoms with Crippen LogP contribution in [0.5, 0.6) is 11.5 Å². The zero-order valence-electron chi connectivity index (χ0n) is 20.1. The first-order valence-electron chi connectivity index (χ1n) is 12.3. The van der Waals surface area contributed by atoms with Gasteiger partial charge in [0.15, 0.2) is 11.5 Å². The maximum atomic E-state index is 13.2. The Balaban J connectivity index is 1.07. The first-order chi connectivity index (χ1) is 16.5. The number of hydrogen-bond donors (Lipinski definition) is 1. The summed E-state index contributed by atoms with van der Waals surface area (Å²) in [4.78, 5) is 29.9. The summed E-state index contributed by atoms with van der Waals surface area (Å²) in [6, 6.07) is 9.96. The lowest BCUT2D eigenvalue weighted by Gasteiger charge is -2.36. The Labute approximate surface area is 201 Å². The van der Waals surface area contributed by atoms with E-state index in [1.807, 2.05) is 12.1 Å². The summed E-state index contributed by atoms with van der Waals surface area (Å²) in [7, 11) is 0. The molecule has 34 heavy (non-hydrogen) atoms. The molecule has 2 aromatic carbocycles. The fourth-order valence-corrected chi connectivity index (χ4v) is 5.16. The normalized spacial score (nSPS) is 18.0. The largest absolute Gasteiger partial charge is 0.454 e. The Morgan fingerprint density at radius 2 is 1.71 bits per heavy atom. The van der Waals surface area contributed by atoms with Crippen LogP contribution in [0.4, 0.5) is 5.69 Å². The topological polar surface area (TPSA) is 71.1 Å². The molecule has 2 amide bonds. The maximum Gasteiger partial charge on any atom is 0.231 e. The third-order valence-electron chi connectivity index (χ3n) is 7.39. The maximum absolute atomic E-state index is 13.2. The van der Waals surface area contributed by atoms with Gasteiger partial charge < -0.3 is 24.6 Å². The number of carbonyl (C=O) groups is 2. The van der Waals surface area contributed by atoms with Crippen molar-refractivity contribution in [2.24, 2.45) is 5.92 Å². The van der Waals surface area contributed by atoms with Gasteiger partial charge in [-0.3, -0.25) is 9.59 Å². The van der Waals surface area contributed by atoms with Crippen LogP contribution in [0.2, 0.25) is 0 Å². The van der Waals surface area contributed by atoms with Crippen LogP contribution in [0.1, 0.15) is 41.5 Å². The summed E-state index contributed by atoms with van der Waals surface area (Å²) in [6.45, 7) is 8.48. The van der Waals surface area contributed by atoms with E-state index in [2.05, 4.69) is 41.1 Å². The lowest BCUT2D eigenvalue weighted by atomic mass is 9.91. The van der Waals surface area contributed by atoms with E-state index in [1.165, 1.54) is 22.3 Å². The molecule has 0 unspecified atom stereocenters. The number of amides is 2. The minimum Gasteiger partial charge on any atom is -0.454 e. The van der Waals surface area contributed by atoms with Crippen LogP contribution in [0, 0.1) is 19.8 Å². The Hall–Kier alpha value is -3.06. The van der Waals surface area contributed by atoms with Crippen molar-refractivity contribution in [3.63, 3.8) is 0 Å². The molecule has 7 nitrogen and oxygen atoms in total. The number of nitrogens with one attached hydrogen (secondary N) is 1. The van der Waals surface area contributed by atoms with Crippen LogP contribution in [0.15, 0.2) is 30.3 Å². The second-order valence-corrected chi connectivity index (χ2v) is 9.70.